The Morgan fingerprint density at radius 1 is 0.842 bits per heavy atom. The molecule has 0 aromatic rings. The first-order valence-corrected chi connectivity index (χ1v) is 7.87. The highest BCUT2D eigenvalue weighted by Crippen LogP contribution is 2.31. The van der Waals surface area contributed by atoms with Gasteiger partial charge in [0.25, 0.3) is 0 Å². The van der Waals surface area contributed by atoms with Crippen LogP contribution in [-0.2, 0) is 14.2 Å². The van der Waals surface area contributed by atoms with Gasteiger partial charge in [0.15, 0.2) is 0 Å². The van der Waals surface area contributed by atoms with Gasteiger partial charge in [0.1, 0.15) is 0 Å². The van der Waals surface area contributed by atoms with Crippen LogP contribution in [0.5, 0.6) is 0 Å². The molecule has 0 aromatic heterocycles. The summed E-state index contributed by atoms with van der Waals surface area (Å²) in [7, 11) is 0. The van der Waals surface area contributed by atoms with Crippen LogP contribution in [0.25, 0.3) is 0 Å². The van der Waals surface area contributed by atoms with Crippen molar-refractivity contribution < 1.29 is 14.2 Å². The largest absolute Gasteiger partial charge is 0.379 e. The van der Waals surface area contributed by atoms with E-state index in [4.69, 9.17) is 14.2 Å². The van der Waals surface area contributed by atoms with Gasteiger partial charge in [-0.15, -0.1) is 0 Å². The fourth-order valence-electron chi connectivity index (χ4n) is 1.77. The van der Waals surface area contributed by atoms with E-state index in [2.05, 4.69) is 12.2 Å². The molecular weight excluding hydrogens is 242 g/mol. The van der Waals surface area contributed by atoms with Crippen LogP contribution in [0.3, 0.4) is 0 Å². The smallest absolute Gasteiger partial charge is 0.0701 e. The van der Waals surface area contributed by atoms with Gasteiger partial charge >= 0.3 is 0 Å². The van der Waals surface area contributed by atoms with E-state index in [-0.39, 0.29) is 0 Å². The highest BCUT2D eigenvalue weighted by Gasteiger charge is 2.19. The van der Waals surface area contributed by atoms with Crippen molar-refractivity contribution in [2.75, 3.05) is 52.7 Å². The van der Waals surface area contributed by atoms with E-state index in [0.717, 1.165) is 38.6 Å². The van der Waals surface area contributed by atoms with E-state index in [9.17, 15) is 0 Å². The Morgan fingerprint density at radius 3 is 2.11 bits per heavy atom. The van der Waals surface area contributed by atoms with Crippen molar-refractivity contribution in [2.24, 2.45) is 5.92 Å². The molecule has 1 aliphatic rings. The van der Waals surface area contributed by atoms with E-state index in [0.29, 0.717) is 26.4 Å². The third-order valence-electron chi connectivity index (χ3n) is 3.24. The molecule has 0 bridgehead atoms. The van der Waals surface area contributed by atoms with Gasteiger partial charge < -0.3 is 19.5 Å². The molecule has 0 aromatic carbocycles. The van der Waals surface area contributed by atoms with Crippen LogP contribution in [0.2, 0.25) is 0 Å². The average Bonchev–Trinajstić information content (AvgIpc) is 3.23. The monoisotopic (exact) mass is 273 g/mol. The summed E-state index contributed by atoms with van der Waals surface area (Å²) < 4.78 is 16.3. The lowest BCUT2D eigenvalue weighted by Gasteiger charge is -2.07. The molecule has 1 fully saturated rings. The van der Waals surface area contributed by atoms with Crippen molar-refractivity contribution in [3.8, 4) is 0 Å². The van der Waals surface area contributed by atoms with Gasteiger partial charge in [-0.25, -0.2) is 0 Å². The minimum atomic E-state index is 0.666. The Labute approximate surface area is 118 Å². The lowest BCUT2D eigenvalue weighted by molar-refractivity contribution is 0.0146. The fraction of sp³-hybridized carbons (Fsp3) is 1.00. The van der Waals surface area contributed by atoms with Gasteiger partial charge in [0.05, 0.1) is 33.0 Å². The van der Waals surface area contributed by atoms with Crippen LogP contribution in [0.1, 0.15) is 39.0 Å². The van der Waals surface area contributed by atoms with Gasteiger partial charge in [-0.1, -0.05) is 26.2 Å². The summed E-state index contributed by atoms with van der Waals surface area (Å²) in [4.78, 5) is 0. The molecule has 114 valence electrons. The summed E-state index contributed by atoms with van der Waals surface area (Å²) in [6.45, 7) is 8.60. The van der Waals surface area contributed by atoms with Crippen LogP contribution in [-0.4, -0.2) is 52.7 Å². The zero-order valence-electron chi connectivity index (χ0n) is 12.5. The quantitative estimate of drug-likeness (QED) is 0.464. The van der Waals surface area contributed by atoms with E-state index in [1.165, 1.54) is 25.7 Å². The van der Waals surface area contributed by atoms with E-state index in [1.807, 2.05) is 0 Å². The second kappa shape index (κ2) is 12.9. The number of nitrogens with one attached hydrogen (secondary N) is 1. The first-order chi connectivity index (χ1) is 9.43. The number of unbranched alkanes of at least 4 members (excludes halogenated alkanes) is 1. The Morgan fingerprint density at radius 2 is 1.47 bits per heavy atom. The zero-order chi connectivity index (χ0) is 13.6. The Kier molecular flexibility index (Phi) is 11.4. The van der Waals surface area contributed by atoms with Crippen molar-refractivity contribution in [1.29, 1.82) is 0 Å². The number of ether oxygens (including phenoxy) is 3. The van der Waals surface area contributed by atoms with Gasteiger partial charge in [-0.2, -0.15) is 0 Å². The number of hydrogen-bond donors (Lipinski definition) is 1. The maximum absolute atomic E-state index is 5.47. The summed E-state index contributed by atoms with van der Waals surface area (Å²) in [5, 5.41) is 3.40. The second-order valence-electron chi connectivity index (χ2n) is 5.17. The zero-order valence-corrected chi connectivity index (χ0v) is 12.5. The van der Waals surface area contributed by atoms with Gasteiger partial charge in [0.2, 0.25) is 0 Å². The number of hydrogen-bond acceptors (Lipinski definition) is 4. The highest BCUT2D eigenvalue weighted by molar-refractivity contribution is 4.73. The van der Waals surface area contributed by atoms with Gasteiger partial charge in [-0.05, 0) is 25.3 Å². The molecule has 0 saturated heterocycles. The molecule has 1 rings (SSSR count). The third kappa shape index (κ3) is 12.6. The van der Waals surface area contributed by atoms with Crippen molar-refractivity contribution >= 4 is 0 Å². The summed E-state index contributed by atoms with van der Waals surface area (Å²) in [6.07, 6.45) is 6.54. The predicted octanol–water partition coefficient (Wildman–Crippen LogP) is 2.23. The van der Waals surface area contributed by atoms with Gasteiger partial charge in [0, 0.05) is 13.2 Å². The Hall–Kier alpha value is -0.160. The molecule has 0 amide bonds. The lowest BCUT2D eigenvalue weighted by Crippen LogP contribution is -2.22. The molecule has 4 heteroatoms. The predicted molar refractivity (Wildman–Crippen MR) is 77.6 cm³/mol. The molecule has 1 saturated carbocycles. The van der Waals surface area contributed by atoms with Crippen LogP contribution >= 0.6 is 0 Å². The first-order valence-electron chi connectivity index (χ1n) is 7.87. The third-order valence-corrected chi connectivity index (χ3v) is 3.24. The fourth-order valence-corrected chi connectivity index (χ4v) is 1.77. The molecule has 0 atom stereocenters. The minimum absolute atomic E-state index is 0.666. The molecule has 1 aliphatic carbocycles. The summed E-state index contributed by atoms with van der Waals surface area (Å²) >= 11 is 0. The van der Waals surface area contributed by atoms with Crippen LogP contribution in [0, 0.1) is 5.92 Å². The van der Waals surface area contributed by atoms with Crippen LogP contribution < -0.4 is 5.32 Å². The lowest BCUT2D eigenvalue weighted by atomic mass is 10.3. The standard InChI is InChI=1S/C15H31NO3/c1-2-3-9-17-11-13-19-14-12-18-10-8-16-7-6-15-4-5-15/h15-16H,2-14H2,1H3. The van der Waals surface area contributed by atoms with Gasteiger partial charge in [-0.3, -0.25) is 0 Å². The SMILES string of the molecule is CCCCOCCOCCOCCNCCC1CC1. The van der Waals surface area contributed by atoms with E-state index in [1.54, 1.807) is 0 Å². The maximum Gasteiger partial charge on any atom is 0.0701 e. The Bertz CT molecular complexity index is 186. The summed E-state index contributed by atoms with van der Waals surface area (Å²) in [5.74, 6) is 1.02. The molecule has 1 N–H and O–H groups in total. The van der Waals surface area contributed by atoms with Crippen LogP contribution in [0.4, 0.5) is 0 Å². The highest BCUT2D eigenvalue weighted by atomic mass is 16.5. The normalized spacial score (nSPS) is 15.0. The molecule has 0 radical (unpaired) electrons. The maximum atomic E-state index is 5.47. The summed E-state index contributed by atoms with van der Waals surface area (Å²) in [6, 6.07) is 0. The first kappa shape index (κ1) is 16.9. The van der Waals surface area contributed by atoms with E-state index < -0.39 is 0 Å². The van der Waals surface area contributed by atoms with Crippen molar-refractivity contribution in [2.45, 2.75) is 39.0 Å². The summed E-state index contributed by atoms with van der Waals surface area (Å²) in [5.41, 5.74) is 0. The number of rotatable bonds is 15. The van der Waals surface area contributed by atoms with Crippen molar-refractivity contribution in [3.63, 3.8) is 0 Å². The minimum Gasteiger partial charge on any atom is -0.379 e. The van der Waals surface area contributed by atoms with Crippen LogP contribution in [0.15, 0.2) is 0 Å². The second-order valence-corrected chi connectivity index (χ2v) is 5.17. The molecule has 0 heterocycles. The molecule has 19 heavy (non-hydrogen) atoms. The molecule has 0 aliphatic heterocycles. The van der Waals surface area contributed by atoms with E-state index >= 15 is 0 Å². The molecular formula is C15H31NO3. The van der Waals surface area contributed by atoms with Crippen molar-refractivity contribution in [3.05, 3.63) is 0 Å². The topological polar surface area (TPSA) is 39.7 Å². The molecule has 4 nitrogen and oxygen atoms in total. The Balaban J connectivity index is 1.60. The van der Waals surface area contributed by atoms with Crippen molar-refractivity contribution in [1.82, 2.24) is 5.32 Å². The average molecular weight is 273 g/mol. The molecule has 0 unspecified atom stereocenters. The molecule has 0 spiro atoms.